The van der Waals surface area contributed by atoms with Crippen LogP contribution in [-0.4, -0.2) is 49.3 Å². The average molecular weight is 460 g/mol. The maximum atomic E-state index is 4.75. The van der Waals surface area contributed by atoms with Gasteiger partial charge in [0.05, 0.1) is 0 Å². The van der Waals surface area contributed by atoms with Gasteiger partial charge in [-0.15, -0.1) is 0 Å². The standard InChI is InChI=1S/C27H37N7/c1-2-11-28-24-15-22(16-25(17-24)33-12-4-3-5-13-33)14-21-7-6-8-23(10-9-21)32-26-18-27-29-19-31-34(27)20-30-26/h2,11,16-21,23,32H,3-10,12-15H2,1H3/b11-2-,28-24?/t21-,23+/m1/s1. The van der Waals surface area contributed by atoms with E-state index >= 15 is 0 Å². The van der Waals surface area contributed by atoms with E-state index in [0.717, 1.165) is 23.8 Å². The fraction of sp³-hybridized carbons (Fsp3) is 0.556. The molecule has 2 aliphatic carbocycles. The van der Waals surface area contributed by atoms with Gasteiger partial charge < -0.3 is 10.2 Å². The Morgan fingerprint density at radius 3 is 2.85 bits per heavy atom. The van der Waals surface area contributed by atoms with Crippen LogP contribution in [0.5, 0.6) is 0 Å². The molecule has 180 valence electrons. The lowest BCUT2D eigenvalue weighted by Crippen LogP contribution is -2.30. The molecule has 1 N–H and O–H groups in total. The number of hydrogen-bond donors (Lipinski definition) is 1. The molecular weight excluding hydrogens is 422 g/mol. The van der Waals surface area contributed by atoms with Crippen molar-refractivity contribution >= 4 is 17.2 Å². The number of nitrogens with one attached hydrogen (secondary N) is 1. The third kappa shape index (κ3) is 5.75. The second kappa shape index (κ2) is 11.0. The van der Waals surface area contributed by atoms with Crippen LogP contribution in [0.15, 0.2) is 59.4 Å². The van der Waals surface area contributed by atoms with Gasteiger partial charge in [0.25, 0.3) is 0 Å². The molecule has 3 aliphatic rings. The molecule has 2 fully saturated rings. The lowest BCUT2D eigenvalue weighted by Gasteiger charge is -2.32. The number of likely N-dealkylation sites (tertiary alicyclic amines) is 1. The molecule has 0 bridgehead atoms. The first-order valence-electron chi connectivity index (χ1n) is 13.0. The predicted octanol–water partition coefficient (Wildman–Crippen LogP) is 5.55. The Balaban J connectivity index is 1.21. The van der Waals surface area contributed by atoms with Crippen molar-refractivity contribution in [1.82, 2.24) is 24.5 Å². The summed E-state index contributed by atoms with van der Waals surface area (Å²) < 4.78 is 1.70. The quantitative estimate of drug-likeness (QED) is 0.574. The number of aliphatic imine (C=N–C) groups is 1. The number of nitrogens with zero attached hydrogens (tertiary/aromatic N) is 6. The Hall–Kier alpha value is -2.96. The average Bonchev–Trinajstić information content (AvgIpc) is 3.23. The zero-order chi connectivity index (χ0) is 23.2. The third-order valence-electron chi connectivity index (χ3n) is 7.35. The Bertz CT molecular complexity index is 1090. The maximum absolute atomic E-state index is 4.75. The molecule has 0 radical (unpaired) electrons. The van der Waals surface area contributed by atoms with Crippen LogP contribution in [0.2, 0.25) is 0 Å². The SMILES string of the molecule is C/C=C\N=C1C=C(N2CCCCC2)C=C(C[C@@H]2CCC[C@H](Nc3cc4ncnn4cn3)CC2)C1. The molecule has 7 nitrogen and oxygen atoms in total. The van der Waals surface area contributed by atoms with Gasteiger partial charge in [0.1, 0.15) is 18.5 Å². The Kier molecular flexibility index (Phi) is 7.37. The van der Waals surface area contributed by atoms with E-state index in [2.05, 4.69) is 37.4 Å². The summed E-state index contributed by atoms with van der Waals surface area (Å²) in [6.45, 7) is 4.39. The summed E-state index contributed by atoms with van der Waals surface area (Å²) in [5.74, 6) is 1.65. The number of fused-ring (bicyclic) bond motifs is 1. The summed E-state index contributed by atoms with van der Waals surface area (Å²) in [5.41, 5.74) is 4.98. The molecule has 0 spiro atoms. The van der Waals surface area contributed by atoms with Gasteiger partial charge in [0.15, 0.2) is 5.65 Å². The number of anilines is 1. The molecule has 1 aliphatic heterocycles. The summed E-state index contributed by atoms with van der Waals surface area (Å²) >= 11 is 0. The van der Waals surface area contributed by atoms with Crippen molar-refractivity contribution in [3.05, 3.63) is 54.4 Å². The van der Waals surface area contributed by atoms with E-state index in [-0.39, 0.29) is 0 Å². The van der Waals surface area contributed by atoms with Crippen LogP contribution in [0, 0.1) is 5.92 Å². The highest BCUT2D eigenvalue weighted by molar-refractivity contribution is 5.99. The van der Waals surface area contributed by atoms with Crippen LogP contribution < -0.4 is 5.32 Å². The van der Waals surface area contributed by atoms with Crippen LogP contribution >= 0.6 is 0 Å². The van der Waals surface area contributed by atoms with Gasteiger partial charge in [0.2, 0.25) is 0 Å². The van der Waals surface area contributed by atoms with E-state index in [1.54, 1.807) is 22.7 Å². The van der Waals surface area contributed by atoms with Gasteiger partial charge in [-0.3, -0.25) is 4.99 Å². The lowest BCUT2D eigenvalue weighted by atomic mass is 9.87. The van der Waals surface area contributed by atoms with Gasteiger partial charge >= 0.3 is 0 Å². The van der Waals surface area contributed by atoms with E-state index in [9.17, 15) is 0 Å². The number of allylic oxidation sites excluding steroid dienone is 4. The first-order valence-corrected chi connectivity index (χ1v) is 13.0. The van der Waals surface area contributed by atoms with Crippen molar-refractivity contribution < 1.29 is 0 Å². The highest BCUT2D eigenvalue weighted by Gasteiger charge is 2.23. The zero-order valence-corrected chi connectivity index (χ0v) is 20.4. The first-order chi connectivity index (χ1) is 16.8. The molecule has 0 aromatic carbocycles. The first kappa shape index (κ1) is 22.8. The summed E-state index contributed by atoms with van der Waals surface area (Å²) in [7, 11) is 0. The van der Waals surface area contributed by atoms with Gasteiger partial charge in [-0.1, -0.05) is 24.5 Å². The molecule has 0 unspecified atom stereocenters. The summed E-state index contributed by atoms with van der Waals surface area (Å²) in [6, 6.07) is 2.46. The van der Waals surface area contributed by atoms with Crippen molar-refractivity contribution in [2.45, 2.75) is 77.2 Å². The normalized spacial score (nSPS) is 25.4. The minimum atomic E-state index is 0.471. The molecule has 2 aromatic heterocycles. The van der Waals surface area contributed by atoms with E-state index in [1.165, 1.54) is 82.3 Å². The molecular formula is C27H37N7. The molecule has 34 heavy (non-hydrogen) atoms. The number of piperidine rings is 1. The van der Waals surface area contributed by atoms with Crippen molar-refractivity contribution in [3.63, 3.8) is 0 Å². The maximum Gasteiger partial charge on any atom is 0.160 e. The Morgan fingerprint density at radius 1 is 1.06 bits per heavy atom. The fourth-order valence-electron chi connectivity index (χ4n) is 5.59. The fourth-order valence-corrected chi connectivity index (χ4v) is 5.59. The molecule has 3 heterocycles. The molecule has 2 atom stereocenters. The highest BCUT2D eigenvalue weighted by atomic mass is 15.3. The van der Waals surface area contributed by atoms with Crippen molar-refractivity contribution in [1.29, 1.82) is 0 Å². The highest BCUT2D eigenvalue weighted by Crippen LogP contribution is 2.33. The van der Waals surface area contributed by atoms with Gasteiger partial charge in [0, 0.05) is 49.2 Å². The third-order valence-corrected chi connectivity index (χ3v) is 7.35. The van der Waals surface area contributed by atoms with Crippen molar-refractivity contribution in [2.75, 3.05) is 18.4 Å². The zero-order valence-electron chi connectivity index (χ0n) is 20.4. The predicted molar refractivity (Wildman–Crippen MR) is 138 cm³/mol. The topological polar surface area (TPSA) is 70.7 Å². The molecule has 1 saturated carbocycles. The van der Waals surface area contributed by atoms with Gasteiger partial charge in [-0.2, -0.15) is 5.10 Å². The minimum absolute atomic E-state index is 0.471. The minimum Gasteiger partial charge on any atom is -0.371 e. The summed E-state index contributed by atoms with van der Waals surface area (Å²) in [5, 5.41) is 7.79. The van der Waals surface area contributed by atoms with E-state index < -0.39 is 0 Å². The smallest absolute Gasteiger partial charge is 0.160 e. The van der Waals surface area contributed by atoms with Crippen LogP contribution in [0.25, 0.3) is 5.65 Å². The molecule has 5 rings (SSSR count). The van der Waals surface area contributed by atoms with Crippen LogP contribution in [0.3, 0.4) is 0 Å². The molecule has 7 heteroatoms. The second-order valence-electron chi connectivity index (χ2n) is 9.96. The largest absolute Gasteiger partial charge is 0.371 e. The van der Waals surface area contributed by atoms with Gasteiger partial charge in [-0.25, -0.2) is 14.5 Å². The van der Waals surface area contributed by atoms with Crippen molar-refractivity contribution in [3.8, 4) is 0 Å². The van der Waals surface area contributed by atoms with Crippen LogP contribution in [0.4, 0.5) is 5.82 Å². The van der Waals surface area contributed by atoms with E-state index in [1.807, 2.05) is 25.3 Å². The van der Waals surface area contributed by atoms with Crippen LogP contribution in [0.1, 0.15) is 71.1 Å². The monoisotopic (exact) mass is 459 g/mol. The molecule has 1 saturated heterocycles. The summed E-state index contributed by atoms with van der Waals surface area (Å²) in [4.78, 5) is 16.1. The number of aromatic nitrogens is 4. The molecule has 0 amide bonds. The summed E-state index contributed by atoms with van der Waals surface area (Å²) in [6.07, 6.45) is 24.4. The number of hydrogen-bond acceptors (Lipinski definition) is 6. The van der Waals surface area contributed by atoms with E-state index in [0.29, 0.717) is 6.04 Å². The second-order valence-corrected chi connectivity index (χ2v) is 9.96. The Labute approximate surface area is 202 Å². The van der Waals surface area contributed by atoms with Gasteiger partial charge in [-0.05, 0) is 69.9 Å². The van der Waals surface area contributed by atoms with E-state index in [4.69, 9.17) is 4.99 Å². The lowest BCUT2D eigenvalue weighted by molar-refractivity contribution is 0.292. The Morgan fingerprint density at radius 2 is 1.97 bits per heavy atom. The molecule has 2 aromatic rings. The number of rotatable bonds is 6. The van der Waals surface area contributed by atoms with Crippen molar-refractivity contribution in [2.24, 2.45) is 10.9 Å². The van der Waals surface area contributed by atoms with Crippen LogP contribution in [-0.2, 0) is 0 Å².